The number of rotatable bonds is 12. The van der Waals surface area contributed by atoms with Crippen molar-refractivity contribution < 1.29 is 40.4 Å². The van der Waals surface area contributed by atoms with Gasteiger partial charge in [-0.25, -0.2) is 47.0 Å². The van der Waals surface area contributed by atoms with Gasteiger partial charge in [-0.15, -0.1) is 22.7 Å². The smallest absolute Gasteiger partial charge is 0.325 e. The highest BCUT2D eigenvalue weighted by Crippen LogP contribution is 2.24. The van der Waals surface area contributed by atoms with Crippen molar-refractivity contribution in [1.29, 1.82) is 0 Å². The molecule has 0 saturated carbocycles. The molecule has 6 rings (SSSR count). The van der Waals surface area contributed by atoms with Gasteiger partial charge in [0.1, 0.15) is 56.0 Å². The first-order valence-corrected chi connectivity index (χ1v) is 18.8. The number of nitrogens with one attached hydrogen (secondary N) is 3. The summed E-state index contributed by atoms with van der Waals surface area (Å²) in [5.74, 6) is -5.62. The third-order valence-electron chi connectivity index (χ3n) is 7.93. The van der Waals surface area contributed by atoms with Gasteiger partial charge in [-0.2, -0.15) is 26.6 Å². The Labute approximate surface area is 325 Å². The van der Waals surface area contributed by atoms with Crippen LogP contribution in [0.15, 0.2) is 71.9 Å². The summed E-state index contributed by atoms with van der Waals surface area (Å²) in [5, 5.41) is 2.23. The maximum atomic E-state index is 14.1. The molecule has 2 aromatic carbocycles. The highest BCUT2D eigenvalue weighted by molar-refractivity contribution is 7.88. The Morgan fingerprint density at radius 2 is 1.09 bits per heavy atom. The van der Waals surface area contributed by atoms with Crippen molar-refractivity contribution in [3.63, 3.8) is 0 Å². The van der Waals surface area contributed by atoms with E-state index >= 15 is 0 Å². The SMILES string of the molecule is CN(C(=O)[C@H](Cc1cc(F)cc(F)c1)NC(=O)NS(=O)(=O)N[C@@H](Cc1cc(F)cc(F)c1)C(=O)N(C)c1cnc2scnc2c1)c1cnc2scnc2c1.S. The van der Waals surface area contributed by atoms with Gasteiger partial charge < -0.3 is 15.1 Å². The van der Waals surface area contributed by atoms with Crippen LogP contribution in [0.3, 0.4) is 0 Å². The van der Waals surface area contributed by atoms with E-state index in [1.54, 1.807) is 21.8 Å². The molecule has 0 aliphatic heterocycles. The minimum absolute atomic E-state index is 0. The van der Waals surface area contributed by atoms with Gasteiger partial charge in [-0.05, 0) is 53.9 Å². The molecule has 0 unspecified atom stereocenters. The van der Waals surface area contributed by atoms with Crippen molar-refractivity contribution in [3.8, 4) is 0 Å². The number of benzene rings is 2. The zero-order valence-corrected chi connectivity index (χ0v) is 31.9. The van der Waals surface area contributed by atoms with E-state index in [4.69, 9.17) is 0 Å². The second-order valence-corrected chi connectivity index (χ2v) is 14.9. The number of halogens is 4. The third-order valence-corrected chi connectivity index (χ3v) is 10.5. The molecular formula is C33H29F4N9O5S4. The predicted octanol–water partition coefficient (Wildman–Crippen LogP) is 4.35. The number of thiazole rings is 2. The van der Waals surface area contributed by atoms with Crippen LogP contribution >= 0.6 is 36.2 Å². The Bertz CT molecular complexity index is 2470. The zero-order valence-electron chi connectivity index (χ0n) is 28.5. The molecule has 0 saturated heterocycles. The molecule has 6 aromatic rings. The summed E-state index contributed by atoms with van der Waals surface area (Å²) in [5.41, 5.74) is 4.33. The van der Waals surface area contributed by atoms with E-state index in [1.165, 1.54) is 55.2 Å². The van der Waals surface area contributed by atoms with Crippen LogP contribution in [0, 0.1) is 23.3 Å². The largest absolute Gasteiger partial charge is 0.330 e. The van der Waals surface area contributed by atoms with Gasteiger partial charge in [-0.3, -0.25) is 9.59 Å². The normalized spacial score (nSPS) is 12.5. The summed E-state index contributed by atoms with van der Waals surface area (Å²) in [4.78, 5) is 60.9. The first kappa shape index (κ1) is 40.9. The lowest BCUT2D eigenvalue weighted by molar-refractivity contribution is -0.120. The van der Waals surface area contributed by atoms with Gasteiger partial charge in [0.05, 0.1) is 34.8 Å². The molecule has 0 fully saturated rings. The first-order valence-electron chi connectivity index (χ1n) is 15.6. The van der Waals surface area contributed by atoms with Crippen LogP contribution in [0.25, 0.3) is 20.7 Å². The topological polar surface area (TPSA) is 179 Å². The number of anilines is 2. The van der Waals surface area contributed by atoms with Gasteiger partial charge in [0, 0.05) is 32.6 Å². The van der Waals surface area contributed by atoms with Crippen LogP contribution in [0.1, 0.15) is 11.1 Å². The highest BCUT2D eigenvalue weighted by atomic mass is 32.2. The average Bonchev–Trinajstić information content (AvgIpc) is 3.77. The number of carbonyl (C=O) groups excluding carboxylic acids is 3. The number of amides is 4. The molecule has 0 radical (unpaired) electrons. The van der Waals surface area contributed by atoms with E-state index in [0.717, 1.165) is 34.1 Å². The second kappa shape index (κ2) is 17.0. The molecule has 14 nitrogen and oxygen atoms in total. The zero-order chi connectivity index (χ0) is 38.7. The van der Waals surface area contributed by atoms with Crippen LogP contribution < -0.4 is 24.6 Å². The fourth-order valence-corrected chi connectivity index (χ4v) is 7.56. The van der Waals surface area contributed by atoms with Crippen molar-refractivity contribution in [2.45, 2.75) is 24.9 Å². The van der Waals surface area contributed by atoms with Crippen molar-refractivity contribution in [2.24, 2.45) is 0 Å². The van der Waals surface area contributed by atoms with E-state index in [2.05, 4.69) is 25.3 Å². The fraction of sp³-hybridized carbons (Fsp3) is 0.182. The van der Waals surface area contributed by atoms with Crippen LogP contribution in [0.5, 0.6) is 0 Å². The first-order chi connectivity index (χ1) is 25.6. The molecule has 22 heteroatoms. The van der Waals surface area contributed by atoms with E-state index in [0.29, 0.717) is 32.8 Å². The molecule has 0 spiro atoms. The number of carbonyl (C=O) groups is 3. The number of hydrogen-bond acceptors (Lipinski definition) is 11. The monoisotopic (exact) mass is 835 g/mol. The summed E-state index contributed by atoms with van der Waals surface area (Å²) < 4.78 is 86.9. The molecule has 4 heterocycles. The van der Waals surface area contributed by atoms with Gasteiger partial charge in [-0.1, -0.05) is 0 Å². The molecule has 4 amide bonds. The molecule has 3 N–H and O–H groups in total. The summed E-state index contributed by atoms with van der Waals surface area (Å²) in [6.07, 6.45) is 1.66. The van der Waals surface area contributed by atoms with E-state index < -0.39 is 76.2 Å². The maximum absolute atomic E-state index is 14.1. The van der Waals surface area contributed by atoms with Crippen LogP contribution in [-0.2, 0) is 32.6 Å². The number of pyridine rings is 2. The van der Waals surface area contributed by atoms with Gasteiger partial charge in [0.2, 0.25) is 11.8 Å². The number of hydrogen-bond donors (Lipinski definition) is 3. The summed E-state index contributed by atoms with van der Waals surface area (Å²) in [6.45, 7) is 0. The quantitative estimate of drug-likeness (QED) is 0.151. The molecule has 0 aliphatic rings. The molecule has 4 aromatic heterocycles. The fourth-order valence-electron chi connectivity index (χ4n) is 5.42. The number of aromatic nitrogens is 4. The van der Waals surface area contributed by atoms with Gasteiger partial charge >= 0.3 is 16.2 Å². The van der Waals surface area contributed by atoms with Crippen molar-refractivity contribution in [1.82, 2.24) is 34.7 Å². The minimum atomic E-state index is -4.99. The number of nitrogens with zero attached hydrogens (tertiary/aromatic N) is 6. The number of urea groups is 1. The van der Waals surface area contributed by atoms with E-state index in [-0.39, 0.29) is 36.0 Å². The highest BCUT2D eigenvalue weighted by Gasteiger charge is 2.32. The number of likely N-dealkylation sites (N-methyl/N-ethyl adjacent to an activating group) is 2. The van der Waals surface area contributed by atoms with E-state index in [1.807, 2.05) is 4.72 Å². The third kappa shape index (κ3) is 10.1. The number of fused-ring (bicyclic) bond motifs is 2. The van der Waals surface area contributed by atoms with Gasteiger partial charge in [0.25, 0.3) is 0 Å². The van der Waals surface area contributed by atoms with E-state index in [9.17, 15) is 40.4 Å². The Balaban J connectivity index is 0.00000580. The van der Waals surface area contributed by atoms with Crippen molar-refractivity contribution >= 4 is 96.3 Å². The molecular weight excluding hydrogens is 807 g/mol. The summed E-state index contributed by atoms with van der Waals surface area (Å²) >= 11 is 2.51. The lowest BCUT2D eigenvalue weighted by Crippen LogP contribution is -2.57. The molecule has 0 bridgehead atoms. The predicted molar refractivity (Wildman–Crippen MR) is 203 cm³/mol. The average molecular weight is 836 g/mol. The molecule has 0 aliphatic carbocycles. The second-order valence-electron chi connectivity index (χ2n) is 11.8. The Morgan fingerprint density at radius 3 is 1.55 bits per heavy atom. The van der Waals surface area contributed by atoms with Crippen molar-refractivity contribution in [3.05, 3.63) is 106 Å². The lowest BCUT2D eigenvalue weighted by Gasteiger charge is -2.26. The maximum Gasteiger partial charge on any atom is 0.330 e. The van der Waals surface area contributed by atoms with Gasteiger partial charge in [0.15, 0.2) is 0 Å². The van der Waals surface area contributed by atoms with Crippen LogP contribution in [0.2, 0.25) is 0 Å². The molecule has 2 atom stereocenters. The molecule has 55 heavy (non-hydrogen) atoms. The summed E-state index contributed by atoms with van der Waals surface area (Å²) in [6, 6.07) is 3.15. The molecule has 288 valence electrons. The minimum Gasteiger partial charge on any atom is -0.325 e. The van der Waals surface area contributed by atoms with Crippen molar-refractivity contribution in [2.75, 3.05) is 23.9 Å². The van der Waals surface area contributed by atoms with Crippen LogP contribution in [-0.4, -0.2) is 72.4 Å². The Hall–Kier alpha value is -5.29. The van der Waals surface area contributed by atoms with Crippen LogP contribution in [0.4, 0.5) is 33.7 Å². The lowest BCUT2D eigenvalue weighted by atomic mass is 10.0. The standard InChI is InChI=1S/C33H27F4N9O5S3.H2S/c1-45(23-11-25-29(38-13-23)52-15-40-25)31(47)27(7-17-3-19(34)9-20(35)4-17)42-33(49)44-54(50,51)43-28(8-18-5-21(36)10-22(37)6-18)32(48)46(2)24-12-26-30(39-14-24)53-16-41-26;/h3-6,9-16,27-28,43H,7-8H2,1-2H3,(H2,42,44,49);1H2/t27-,28-;/m0./s1. The Morgan fingerprint density at radius 1 is 0.673 bits per heavy atom. The Kier molecular flexibility index (Phi) is 12.7. The summed E-state index contributed by atoms with van der Waals surface area (Å²) in [7, 11) is -2.33.